The molecule has 0 bridgehead atoms. The quantitative estimate of drug-likeness (QED) is 0.475. The standard InChI is InChI=1S/C23H19N3O4S/c1-14-19(15-5-3-2-4-6-15)20-21(31-14)24-13-26(22(20)28)12-11-18(27)25-17-9-7-16(8-10-17)23(29)30/h2-10,13H,11-12H2,1H3,(H,25,27)(H,29,30). The fourth-order valence-electron chi connectivity index (χ4n) is 3.39. The summed E-state index contributed by atoms with van der Waals surface area (Å²) in [6, 6.07) is 15.6. The first-order valence-corrected chi connectivity index (χ1v) is 10.4. The third kappa shape index (κ3) is 4.24. The topological polar surface area (TPSA) is 101 Å². The Bertz CT molecular complexity index is 1320. The lowest BCUT2D eigenvalue weighted by atomic mass is 10.0. The van der Waals surface area contributed by atoms with Gasteiger partial charge in [-0.2, -0.15) is 0 Å². The van der Waals surface area contributed by atoms with Crippen molar-refractivity contribution in [1.29, 1.82) is 0 Å². The number of carbonyl (C=O) groups is 2. The number of amides is 1. The first kappa shape index (κ1) is 20.5. The highest BCUT2D eigenvalue weighted by Crippen LogP contribution is 2.35. The number of aromatic nitrogens is 2. The van der Waals surface area contributed by atoms with Crippen LogP contribution < -0.4 is 10.9 Å². The van der Waals surface area contributed by atoms with Crippen molar-refractivity contribution in [2.24, 2.45) is 0 Å². The molecule has 0 aliphatic heterocycles. The number of carboxylic acid groups (broad SMARTS) is 1. The molecule has 0 fully saturated rings. The van der Waals surface area contributed by atoms with E-state index in [1.54, 1.807) is 0 Å². The van der Waals surface area contributed by atoms with Crippen LogP contribution in [-0.4, -0.2) is 26.5 Å². The molecule has 4 rings (SSSR count). The smallest absolute Gasteiger partial charge is 0.335 e. The molecule has 31 heavy (non-hydrogen) atoms. The van der Waals surface area contributed by atoms with Crippen LogP contribution in [0.25, 0.3) is 21.3 Å². The zero-order chi connectivity index (χ0) is 22.0. The maximum atomic E-state index is 13.2. The summed E-state index contributed by atoms with van der Waals surface area (Å²) in [5, 5.41) is 12.2. The second kappa shape index (κ2) is 8.53. The van der Waals surface area contributed by atoms with Crippen LogP contribution in [0, 0.1) is 6.92 Å². The van der Waals surface area contributed by atoms with Crippen molar-refractivity contribution < 1.29 is 14.7 Å². The third-order valence-corrected chi connectivity index (χ3v) is 5.93. The summed E-state index contributed by atoms with van der Waals surface area (Å²) in [5.74, 6) is -1.31. The Kier molecular flexibility index (Phi) is 5.64. The van der Waals surface area contributed by atoms with Gasteiger partial charge >= 0.3 is 5.97 Å². The Balaban J connectivity index is 1.54. The Morgan fingerprint density at radius 2 is 1.81 bits per heavy atom. The van der Waals surface area contributed by atoms with Gasteiger partial charge in [-0.15, -0.1) is 11.3 Å². The van der Waals surface area contributed by atoms with E-state index in [-0.39, 0.29) is 30.0 Å². The number of benzene rings is 2. The van der Waals surface area contributed by atoms with Gasteiger partial charge in [0.15, 0.2) is 0 Å². The van der Waals surface area contributed by atoms with E-state index in [0.717, 1.165) is 16.0 Å². The largest absolute Gasteiger partial charge is 0.478 e. The highest BCUT2D eigenvalue weighted by molar-refractivity contribution is 7.19. The van der Waals surface area contributed by atoms with Crippen LogP contribution >= 0.6 is 11.3 Å². The van der Waals surface area contributed by atoms with Crippen molar-refractivity contribution >= 4 is 39.1 Å². The van der Waals surface area contributed by atoms with Crippen molar-refractivity contribution in [3.05, 3.63) is 81.7 Å². The number of hydrogen-bond donors (Lipinski definition) is 2. The molecule has 7 nitrogen and oxygen atoms in total. The van der Waals surface area contributed by atoms with Gasteiger partial charge in [0.25, 0.3) is 5.56 Å². The Hall–Kier alpha value is -3.78. The normalized spacial score (nSPS) is 10.9. The SMILES string of the molecule is Cc1sc2ncn(CCC(=O)Nc3ccc(C(=O)O)cc3)c(=O)c2c1-c1ccccc1. The summed E-state index contributed by atoms with van der Waals surface area (Å²) in [6.07, 6.45) is 1.56. The first-order valence-electron chi connectivity index (χ1n) is 9.61. The van der Waals surface area contributed by atoms with Crippen LogP contribution in [-0.2, 0) is 11.3 Å². The average Bonchev–Trinajstić information content (AvgIpc) is 3.11. The van der Waals surface area contributed by atoms with Gasteiger partial charge in [0.05, 0.1) is 17.3 Å². The lowest BCUT2D eigenvalue weighted by molar-refractivity contribution is -0.116. The number of thiophene rings is 1. The van der Waals surface area contributed by atoms with Crippen LogP contribution in [0.4, 0.5) is 5.69 Å². The van der Waals surface area contributed by atoms with E-state index in [9.17, 15) is 14.4 Å². The number of aromatic carboxylic acids is 1. The molecule has 0 atom stereocenters. The molecule has 1 amide bonds. The molecule has 0 saturated carbocycles. The first-order chi connectivity index (χ1) is 14.9. The number of anilines is 1. The summed E-state index contributed by atoms with van der Waals surface area (Å²) in [5.41, 5.74) is 2.31. The van der Waals surface area contributed by atoms with E-state index in [0.29, 0.717) is 15.9 Å². The molecule has 2 heterocycles. The second-order valence-corrected chi connectivity index (χ2v) is 8.21. The fraction of sp³-hybridized carbons (Fsp3) is 0.130. The maximum absolute atomic E-state index is 13.2. The molecule has 2 N–H and O–H groups in total. The third-order valence-electron chi connectivity index (χ3n) is 4.91. The zero-order valence-corrected chi connectivity index (χ0v) is 17.5. The summed E-state index contributed by atoms with van der Waals surface area (Å²) < 4.78 is 1.45. The van der Waals surface area contributed by atoms with Crippen molar-refractivity contribution in [2.75, 3.05) is 5.32 Å². The molecule has 0 radical (unpaired) electrons. The molecule has 2 aromatic carbocycles. The number of nitrogens with zero attached hydrogens (tertiary/aromatic N) is 2. The minimum atomic E-state index is -1.03. The lowest BCUT2D eigenvalue weighted by Gasteiger charge is -2.08. The molecule has 0 unspecified atom stereocenters. The molecule has 4 aromatic rings. The number of carbonyl (C=O) groups excluding carboxylic acids is 1. The van der Waals surface area contributed by atoms with Gasteiger partial charge in [0.2, 0.25) is 5.91 Å². The van der Waals surface area contributed by atoms with Crippen molar-refractivity contribution in [3.8, 4) is 11.1 Å². The highest BCUT2D eigenvalue weighted by atomic mass is 32.1. The molecule has 0 saturated heterocycles. The van der Waals surface area contributed by atoms with Crippen molar-refractivity contribution in [3.63, 3.8) is 0 Å². The van der Waals surface area contributed by atoms with Gasteiger partial charge in [-0.3, -0.25) is 14.2 Å². The van der Waals surface area contributed by atoms with Gasteiger partial charge in [-0.05, 0) is 36.8 Å². The van der Waals surface area contributed by atoms with E-state index in [1.807, 2.05) is 37.3 Å². The van der Waals surface area contributed by atoms with Gasteiger partial charge < -0.3 is 10.4 Å². The van der Waals surface area contributed by atoms with E-state index < -0.39 is 5.97 Å². The summed E-state index contributed by atoms with van der Waals surface area (Å²) in [6.45, 7) is 2.16. The van der Waals surface area contributed by atoms with Crippen LogP contribution in [0.15, 0.2) is 65.7 Å². The molecule has 8 heteroatoms. The predicted molar refractivity (Wildman–Crippen MR) is 121 cm³/mol. The second-order valence-electron chi connectivity index (χ2n) is 7.00. The van der Waals surface area contributed by atoms with Crippen molar-refractivity contribution in [2.45, 2.75) is 19.9 Å². The fourth-order valence-corrected chi connectivity index (χ4v) is 4.39. The van der Waals surface area contributed by atoms with E-state index >= 15 is 0 Å². The number of hydrogen-bond acceptors (Lipinski definition) is 5. The Morgan fingerprint density at radius 1 is 1.10 bits per heavy atom. The molecule has 0 aliphatic rings. The van der Waals surface area contributed by atoms with Crippen LogP contribution in [0.3, 0.4) is 0 Å². The molecule has 0 spiro atoms. The minimum absolute atomic E-state index is 0.0809. The minimum Gasteiger partial charge on any atom is -0.478 e. The zero-order valence-electron chi connectivity index (χ0n) is 16.7. The van der Waals surface area contributed by atoms with Gasteiger partial charge in [-0.1, -0.05) is 30.3 Å². The monoisotopic (exact) mass is 433 g/mol. The number of carboxylic acids is 1. The van der Waals surface area contributed by atoms with Crippen molar-refractivity contribution in [1.82, 2.24) is 9.55 Å². The molecule has 156 valence electrons. The number of aryl methyl sites for hydroxylation is 2. The lowest BCUT2D eigenvalue weighted by Crippen LogP contribution is -2.23. The predicted octanol–water partition coefficient (Wildman–Crippen LogP) is 4.16. The van der Waals surface area contributed by atoms with Gasteiger partial charge in [-0.25, -0.2) is 9.78 Å². The number of nitrogens with one attached hydrogen (secondary N) is 1. The molecule has 2 aromatic heterocycles. The Morgan fingerprint density at radius 3 is 2.48 bits per heavy atom. The molecule has 0 aliphatic carbocycles. The summed E-state index contributed by atoms with van der Waals surface area (Å²) in [7, 11) is 0. The van der Waals surface area contributed by atoms with E-state index in [2.05, 4.69) is 10.3 Å². The summed E-state index contributed by atoms with van der Waals surface area (Å²) >= 11 is 1.48. The number of rotatable bonds is 6. The van der Waals surface area contributed by atoms with E-state index in [1.165, 1.54) is 46.5 Å². The number of fused-ring (bicyclic) bond motifs is 1. The van der Waals surface area contributed by atoms with Crippen LogP contribution in [0.1, 0.15) is 21.7 Å². The molecular formula is C23H19N3O4S. The molecular weight excluding hydrogens is 414 g/mol. The van der Waals surface area contributed by atoms with Crippen LogP contribution in [0.5, 0.6) is 0 Å². The Labute approximate surface area is 181 Å². The van der Waals surface area contributed by atoms with Gasteiger partial charge in [0.1, 0.15) is 4.83 Å². The van der Waals surface area contributed by atoms with E-state index in [4.69, 9.17) is 5.11 Å². The average molecular weight is 433 g/mol. The van der Waals surface area contributed by atoms with Gasteiger partial charge in [0, 0.05) is 29.1 Å². The maximum Gasteiger partial charge on any atom is 0.335 e. The van der Waals surface area contributed by atoms with Crippen LogP contribution in [0.2, 0.25) is 0 Å². The highest BCUT2D eigenvalue weighted by Gasteiger charge is 2.17. The summed E-state index contributed by atoms with van der Waals surface area (Å²) in [4.78, 5) is 42.5.